The van der Waals surface area contributed by atoms with Crippen molar-refractivity contribution in [1.82, 2.24) is 34.9 Å². The van der Waals surface area contributed by atoms with E-state index in [-0.39, 0.29) is 5.41 Å². The smallest absolute Gasteiger partial charge is 0.165 e. The summed E-state index contributed by atoms with van der Waals surface area (Å²) < 4.78 is 0. The first kappa shape index (κ1) is 37.1. The van der Waals surface area contributed by atoms with Crippen LogP contribution < -0.4 is 0 Å². The number of pyridine rings is 1. The number of aromatic nitrogens is 7. The van der Waals surface area contributed by atoms with Crippen molar-refractivity contribution >= 4 is 0 Å². The lowest BCUT2D eigenvalue weighted by Crippen LogP contribution is -2.55. The Balaban J connectivity index is 0.916. The molecule has 4 fully saturated rings. The maximum absolute atomic E-state index is 5.14. The van der Waals surface area contributed by atoms with E-state index in [1.807, 2.05) is 103 Å². The molecule has 64 heavy (non-hydrogen) atoms. The quantitative estimate of drug-likeness (QED) is 0.158. The molecule has 6 aromatic carbocycles. The second kappa shape index (κ2) is 14.8. The maximum Gasteiger partial charge on any atom is 0.165 e. The summed E-state index contributed by atoms with van der Waals surface area (Å²) in [4.78, 5) is 35.2. The molecular weight excluding hydrogens is 783 g/mol. The minimum Gasteiger partial charge on any atom is -0.255 e. The molecule has 4 bridgehead atoms. The van der Waals surface area contributed by atoms with Crippen LogP contribution in [-0.2, 0) is 5.41 Å². The molecule has 0 N–H and O–H groups in total. The fraction of sp³-hybridized carbons (Fsp3) is 0.175. The van der Waals surface area contributed by atoms with Crippen molar-refractivity contribution < 1.29 is 0 Å². The Morgan fingerprint density at radius 2 is 0.750 bits per heavy atom. The average molecular weight is 826 g/mol. The lowest BCUT2D eigenvalue weighted by molar-refractivity contribution is -0.0399. The van der Waals surface area contributed by atoms with E-state index in [2.05, 4.69) is 72.8 Å². The third kappa shape index (κ3) is 6.05. The summed E-state index contributed by atoms with van der Waals surface area (Å²) in [5.41, 5.74) is 13.3. The Kier molecular flexibility index (Phi) is 8.58. The van der Waals surface area contributed by atoms with E-state index in [1.54, 1.807) is 0 Å². The number of fused-ring (bicyclic) bond motifs is 3. The van der Waals surface area contributed by atoms with Crippen LogP contribution in [0.3, 0.4) is 0 Å². The lowest BCUT2D eigenvalue weighted by atomic mass is 9.43. The van der Waals surface area contributed by atoms with E-state index in [4.69, 9.17) is 34.9 Å². The van der Waals surface area contributed by atoms with Gasteiger partial charge in [-0.15, -0.1) is 0 Å². The number of hydrogen-bond acceptors (Lipinski definition) is 7. The maximum atomic E-state index is 5.14. The second-order valence-corrected chi connectivity index (χ2v) is 18.2. The number of rotatable bonds is 7. The third-order valence-corrected chi connectivity index (χ3v) is 14.6. The van der Waals surface area contributed by atoms with Gasteiger partial charge in [-0.3, -0.25) is 4.98 Å². The molecule has 3 heterocycles. The van der Waals surface area contributed by atoms with Crippen LogP contribution in [0.15, 0.2) is 176 Å². The molecule has 0 unspecified atom stereocenters. The fourth-order valence-electron chi connectivity index (χ4n) is 12.1. The molecule has 7 nitrogen and oxygen atoms in total. The first-order valence-corrected chi connectivity index (χ1v) is 22.6. The normalized spacial score (nSPS) is 21.2. The van der Waals surface area contributed by atoms with Crippen molar-refractivity contribution in [3.05, 3.63) is 187 Å². The van der Waals surface area contributed by atoms with Crippen LogP contribution in [0.1, 0.15) is 43.2 Å². The van der Waals surface area contributed by atoms with Crippen molar-refractivity contribution in [3.8, 4) is 90.7 Å². The first-order chi connectivity index (χ1) is 31.6. The van der Waals surface area contributed by atoms with Gasteiger partial charge in [-0.25, -0.2) is 29.9 Å². The van der Waals surface area contributed by atoms with Gasteiger partial charge in [0.05, 0.1) is 5.69 Å². The summed E-state index contributed by atoms with van der Waals surface area (Å²) in [5.74, 6) is 6.84. The SMILES string of the molecule is c1ccc(-c2nc(-c3ccccc3)nc(-c3ccc(-c4ccc5c(c4)C4(c6ccc(-c7nc(-c8ccccc8)nc(-c8ccccc8)n7)cc6-5)C5CC6CC(C5)CC4C6)nc3)n2)cc1. The van der Waals surface area contributed by atoms with E-state index in [1.165, 1.54) is 54.4 Å². The van der Waals surface area contributed by atoms with E-state index in [0.717, 1.165) is 56.5 Å². The Hall–Kier alpha value is -7.51. The first-order valence-electron chi connectivity index (χ1n) is 22.6. The van der Waals surface area contributed by atoms with Gasteiger partial charge in [0.1, 0.15) is 0 Å². The Labute approximate surface area is 372 Å². The van der Waals surface area contributed by atoms with Crippen LogP contribution in [0.2, 0.25) is 0 Å². The summed E-state index contributed by atoms with van der Waals surface area (Å²) in [6, 6.07) is 59.1. The highest BCUT2D eigenvalue weighted by Crippen LogP contribution is 2.69. The molecule has 4 saturated carbocycles. The lowest BCUT2D eigenvalue weighted by Gasteiger charge is -2.61. The molecule has 0 amide bonds. The molecule has 5 aliphatic rings. The number of nitrogens with zero attached hydrogens (tertiary/aromatic N) is 7. The van der Waals surface area contributed by atoms with Crippen LogP contribution >= 0.6 is 0 Å². The molecular formula is C57H43N7. The third-order valence-electron chi connectivity index (χ3n) is 14.6. The highest BCUT2D eigenvalue weighted by Gasteiger charge is 2.61. The summed E-state index contributed by atoms with van der Waals surface area (Å²) in [5, 5.41) is 0. The second-order valence-electron chi connectivity index (χ2n) is 18.2. The van der Waals surface area contributed by atoms with Crippen LogP contribution in [-0.4, -0.2) is 34.9 Å². The highest BCUT2D eigenvalue weighted by molar-refractivity contribution is 5.87. The molecule has 0 atom stereocenters. The minimum atomic E-state index is -0.0252. The standard InChI is InChI=1S/C57H43N7/c1-5-13-37(14-6-1)51-59-52(38-15-7-2-8-16-38)62-55(61-51)42-22-25-48-47(32-42)46-24-21-41(33-49(46)57(48)44-28-35-27-36(30-44)31-45(57)29-35)50-26-23-43(34-58-50)56-63-53(39-17-9-3-10-18-39)60-54(64-56)40-19-11-4-12-20-40/h1-26,32-36,44-45H,27-31H2. The number of hydrogen-bond donors (Lipinski definition) is 0. The summed E-state index contributed by atoms with van der Waals surface area (Å²) in [7, 11) is 0. The van der Waals surface area contributed by atoms with E-state index < -0.39 is 0 Å². The van der Waals surface area contributed by atoms with E-state index in [0.29, 0.717) is 46.8 Å². The van der Waals surface area contributed by atoms with Crippen LogP contribution in [0.25, 0.3) is 90.7 Å². The van der Waals surface area contributed by atoms with Gasteiger partial charge in [0, 0.05) is 50.6 Å². The molecule has 0 aliphatic heterocycles. The molecule has 0 saturated heterocycles. The fourth-order valence-corrected chi connectivity index (χ4v) is 12.1. The van der Waals surface area contributed by atoms with Gasteiger partial charge < -0.3 is 0 Å². The van der Waals surface area contributed by atoms with Gasteiger partial charge in [0.25, 0.3) is 0 Å². The zero-order valence-electron chi connectivity index (χ0n) is 35.2. The number of benzene rings is 6. The van der Waals surface area contributed by atoms with Crippen molar-refractivity contribution in [3.63, 3.8) is 0 Å². The molecule has 3 aromatic heterocycles. The van der Waals surface area contributed by atoms with E-state index in [9.17, 15) is 0 Å². The Bertz CT molecular complexity index is 3070. The predicted molar refractivity (Wildman–Crippen MR) is 252 cm³/mol. The molecule has 9 aromatic rings. The molecule has 7 heteroatoms. The zero-order valence-corrected chi connectivity index (χ0v) is 35.2. The predicted octanol–water partition coefficient (Wildman–Crippen LogP) is 12.8. The molecule has 1 spiro atoms. The van der Waals surface area contributed by atoms with Gasteiger partial charge in [0.2, 0.25) is 0 Å². The van der Waals surface area contributed by atoms with Crippen molar-refractivity contribution in [2.24, 2.45) is 23.7 Å². The van der Waals surface area contributed by atoms with Crippen molar-refractivity contribution in [1.29, 1.82) is 0 Å². The summed E-state index contributed by atoms with van der Waals surface area (Å²) in [6.45, 7) is 0. The van der Waals surface area contributed by atoms with Gasteiger partial charge in [0.15, 0.2) is 34.9 Å². The molecule has 14 rings (SSSR count). The van der Waals surface area contributed by atoms with Gasteiger partial charge in [-0.2, -0.15) is 0 Å². The average Bonchev–Trinajstić information content (AvgIpc) is 3.65. The van der Waals surface area contributed by atoms with Gasteiger partial charge in [-0.1, -0.05) is 146 Å². The summed E-state index contributed by atoms with van der Waals surface area (Å²) in [6.07, 6.45) is 8.55. The largest absolute Gasteiger partial charge is 0.255 e. The summed E-state index contributed by atoms with van der Waals surface area (Å²) >= 11 is 0. The van der Waals surface area contributed by atoms with Crippen LogP contribution in [0, 0.1) is 23.7 Å². The Morgan fingerprint density at radius 1 is 0.328 bits per heavy atom. The molecule has 0 radical (unpaired) electrons. The van der Waals surface area contributed by atoms with E-state index >= 15 is 0 Å². The Morgan fingerprint density at radius 3 is 1.20 bits per heavy atom. The van der Waals surface area contributed by atoms with Gasteiger partial charge in [-0.05, 0) is 102 Å². The minimum absolute atomic E-state index is 0.0252. The zero-order chi connectivity index (χ0) is 42.2. The van der Waals surface area contributed by atoms with Crippen LogP contribution in [0.5, 0.6) is 0 Å². The molecule has 306 valence electrons. The molecule has 5 aliphatic carbocycles. The van der Waals surface area contributed by atoms with Crippen molar-refractivity contribution in [2.45, 2.75) is 37.5 Å². The monoisotopic (exact) mass is 825 g/mol. The van der Waals surface area contributed by atoms with Crippen molar-refractivity contribution in [2.75, 3.05) is 0 Å². The topological polar surface area (TPSA) is 90.2 Å². The van der Waals surface area contributed by atoms with Crippen LogP contribution in [0.4, 0.5) is 0 Å². The van der Waals surface area contributed by atoms with Gasteiger partial charge >= 0.3 is 0 Å². The highest BCUT2D eigenvalue weighted by atomic mass is 15.0.